The van der Waals surface area contributed by atoms with Gasteiger partial charge in [-0.15, -0.1) is 0 Å². The number of benzene rings is 1. The first-order valence-electron chi connectivity index (χ1n) is 10.2. The third-order valence-corrected chi connectivity index (χ3v) is 5.77. The van der Waals surface area contributed by atoms with Crippen molar-refractivity contribution < 1.29 is 4.79 Å². The molecule has 0 saturated carbocycles. The smallest absolute Gasteiger partial charge is 0.272 e. The van der Waals surface area contributed by atoms with Crippen molar-refractivity contribution in [3.8, 4) is 0 Å². The van der Waals surface area contributed by atoms with Gasteiger partial charge in [0, 0.05) is 32.4 Å². The van der Waals surface area contributed by atoms with Crippen LogP contribution in [0.1, 0.15) is 48.2 Å². The molecule has 5 nitrogen and oxygen atoms in total. The van der Waals surface area contributed by atoms with Crippen LogP contribution in [0.3, 0.4) is 0 Å². The van der Waals surface area contributed by atoms with E-state index in [1.54, 1.807) is 12.3 Å². The van der Waals surface area contributed by atoms with Crippen LogP contribution in [0.25, 0.3) is 0 Å². The van der Waals surface area contributed by atoms with Crippen LogP contribution in [0.4, 0.5) is 5.95 Å². The predicted octanol–water partition coefficient (Wildman–Crippen LogP) is 3.56. The fourth-order valence-electron chi connectivity index (χ4n) is 4.16. The fraction of sp³-hybridized carbons (Fsp3) is 0.500. The number of hydrogen-bond acceptors (Lipinski definition) is 4. The van der Waals surface area contributed by atoms with Gasteiger partial charge in [-0.3, -0.25) is 4.79 Å². The highest BCUT2D eigenvalue weighted by atomic mass is 16.2. The van der Waals surface area contributed by atoms with Gasteiger partial charge in [-0.25, -0.2) is 9.97 Å². The van der Waals surface area contributed by atoms with E-state index in [4.69, 9.17) is 0 Å². The number of amides is 1. The summed E-state index contributed by atoms with van der Waals surface area (Å²) in [6, 6.07) is 12.5. The number of carbonyl (C=O) groups is 1. The van der Waals surface area contributed by atoms with Crippen molar-refractivity contribution in [2.45, 2.75) is 38.5 Å². The van der Waals surface area contributed by atoms with Crippen molar-refractivity contribution >= 4 is 11.9 Å². The Morgan fingerprint density at radius 2 is 1.70 bits per heavy atom. The minimum Gasteiger partial charge on any atom is -0.341 e. The largest absolute Gasteiger partial charge is 0.341 e. The Morgan fingerprint density at radius 3 is 2.44 bits per heavy atom. The summed E-state index contributed by atoms with van der Waals surface area (Å²) in [5.41, 5.74) is 1.95. The van der Waals surface area contributed by atoms with Crippen molar-refractivity contribution in [2.75, 3.05) is 31.1 Å². The lowest BCUT2D eigenvalue weighted by molar-refractivity contribution is 0.0718. The van der Waals surface area contributed by atoms with Gasteiger partial charge in [0.15, 0.2) is 0 Å². The Morgan fingerprint density at radius 1 is 0.963 bits per heavy atom. The van der Waals surface area contributed by atoms with Gasteiger partial charge in [0.05, 0.1) is 0 Å². The maximum atomic E-state index is 12.7. The van der Waals surface area contributed by atoms with Crippen LogP contribution in [-0.4, -0.2) is 47.0 Å². The molecule has 0 radical (unpaired) electrons. The lowest BCUT2D eigenvalue weighted by Crippen LogP contribution is -2.38. The highest BCUT2D eigenvalue weighted by molar-refractivity contribution is 5.92. The monoisotopic (exact) mass is 364 g/mol. The molecule has 0 spiro atoms. The normalized spacial score (nSPS) is 18.5. The Balaban J connectivity index is 1.36. The summed E-state index contributed by atoms with van der Waals surface area (Å²) in [4.78, 5) is 25.9. The molecule has 0 bridgehead atoms. The number of likely N-dealkylation sites (tertiary alicyclic amines) is 1. The molecule has 142 valence electrons. The van der Waals surface area contributed by atoms with E-state index in [9.17, 15) is 4.79 Å². The second-order valence-electron chi connectivity index (χ2n) is 7.71. The Hall–Kier alpha value is -2.43. The number of nitrogens with zero attached hydrogens (tertiary/aromatic N) is 4. The quantitative estimate of drug-likeness (QED) is 0.832. The van der Waals surface area contributed by atoms with Crippen molar-refractivity contribution in [2.24, 2.45) is 5.92 Å². The van der Waals surface area contributed by atoms with Crippen LogP contribution < -0.4 is 4.90 Å². The first kappa shape index (κ1) is 18.0. The van der Waals surface area contributed by atoms with Crippen LogP contribution in [0, 0.1) is 5.92 Å². The number of carbonyl (C=O) groups excluding carboxylic acids is 1. The molecule has 1 aromatic carbocycles. The van der Waals surface area contributed by atoms with Gasteiger partial charge < -0.3 is 9.80 Å². The zero-order valence-electron chi connectivity index (χ0n) is 15.9. The van der Waals surface area contributed by atoms with Gasteiger partial charge in [0.25, 0.3) is 5.91 Å². The maximum Gasteiger partial charge on any atom is 0.272 e. The molecule has 0 aliphatic carbocycles. The van der Waals surface area contributed by atoms with Crippen LogP contribution in [0.5, 0.6) is 0 Å². The molecule has 5 heteroatoms. The topological polar surface area (TPSA) is 49.3 Å². The second kappa shape index (κ2) is 8.51. The van der Waals surface area contributed by atoms with Crippen molar-refractivity contribution in [1.29, 1.82) is 0 Å². The fourth-order valence-corrected chi connectivity index (χ4v) is 4.16. The molecule has 27 heavy (non-hydrogen) atoms. The van der Waals surface area contributed by atoms with E-state index in [1.165, 1.54) is 12.0 Å². The van der Waals surface area contributed by atoms with Gasteiger partial charge in [0.1, 0.15) is 5.69 Å². The molecule has 2 fully saturated rings. The third-order valence-electron chi connectivity index (χ3n) is 5.77. The SMILES string of the molecule is O=C(c1ccnc(N2CCC(Cc3ccccc3)CC2)n1)N1CCCCC1. The number of aromatic nitrogens is 2. The van der Waals surface area contributed by atoms with E-state index >= 15 is 0 Å². The van der Waals surface area contributed by atoms with Crippen LogP contribution >= 0.6 is 0 Å². The average Bonchev–Trinajstić information content (AvgIpc) is 2.75. The Kier molecular flexibility index (Phi) is 5.66. The molecular formula is C22H28N4O. The summed E-state index contributed by atoms with van der Waals surface area (Å²) in [7, 11) is 0. The molecule has 0 unspecified atom stereocenters. The van der Waals surface area contributed by atoms with E-state index in [-0.39, 0.29) is 5.91 Å². The molecule has 2 aliphatic rings. The molecule has 2 aromatic rings. The van der Waals surface area contributed by atoms with Gasteiger partial charge >= 0.3 is 0 Å². The maximum absolute atomic E-state index is 12.7. The lowest BCUT2D eigenvalue weighted by atomic mass is 9.90. The summed E-state index contributed by atoms with van der Waals surface area (Å²) in [5.74, 6) is 1.47. The molecule has 1 aromatic heterocycles. The first-order valence-corrected chi connectivity index (χ1v) is 10.2. The summed E-state index contributed by atoms with van der Waals surface area (Å²) in [6.07, 6.45) is 8.57. The Bertz CT molecular complexity index is 750. The van der Waals surface area contributed by atoms with Gasteiger partial charge in [-0.05, 0) is 56.1 Å². The second-order valence-corrected chi connectivity index (χ2v) is 7.71. The summed E-state index contributed by atoms with van der Waals surface area (Å²) >= 11 is 0. The molecule has 4 rings (SSSR count). The molecule has 2 aliphatic heterocycles. The highest BCUT2D eigenvalue weighted by Gasteiger charge is 2.24. The zero-order valence-corrected chi connectivity index (χ0v) is 15.9. The van der Waals surface area contributed by atoms with Crippen LogP contribution in [0.2, 0.25) is 0 Å². The zero-order chi connectivity index (χ0) is 18.5. The van der Waals surface area contributed by atoms with Gasteiger partial charge in [0.2, 0.25) is 5.95 Å². The lowest BCUT2D eigenvalue weighted by Gasteiger charge is -2.32. The number of anilines is 1. The summed E-state index contributed by atoms with van der Waals surface area (Å²) in [6.45, 7) is 3.61. The predicted molar refractivity (Wildman–Crippen MR) is 107 cm³/mol. The van der Waals surface area contributed by atoms with Gasteiger partial charge in [-0.1, -0.05) is 30.3 Å². The van der Waals surface area contributed by atoms with Crippen LogP contribution in [0.15, 0.2) is 42.6 Å². The molecule has 1 amide bonds. The highest BCUT2D eigenvalue weighted by Crippen LogP contribution is 2.24. The number of hydrogen-bond donors (Lipinski definition) is 0. The van der Waals surface area contributed by atoms with E-state index in [0.29, 0.717) is 17.6 Å². The minimum absolute atomic E-state index is 0.0531. The van der Waals surface area contributed by atoms with E-state index in [1.807, 2.05) is 4.90 Å². The summed E-state index contributed by atoms with van der Waals surface area (Å²) in [5, 5.41) is 0. The number of piperidine rings is 2. The van der Waals surface area contributed by atoms with E-state index in [2.05, 4.69) is 45.2 Å². The molecule has 0 atom stereocenters. The average molecular weight is 364 g/mol. The Labute approximate surface area is 161 Å². The minimum atomic E-state index is 0.0531. The third kappa shape index (κ3) is 4.46. The number of rotatable bonds is 4. The molecule has 2 saturated heterocycles. The van der Waals surface area contributed by atoms with Gasteiger partial charge in [-0.2, -0.15) is 0 Å². The molecule has 3 heterocycles. The van der Waals surface area contributed by atoms with Crippen LogP contribution in [-0.2, 0) is 6.42 Å². The van der Waals surface area contributed by atoms with Crippen molar-refractivity contribution in [1.82, 2.24) is 14.9 Å². The molecule has 0 N–H and O–H groups in total. The van der Waals surface area contributed by atoms with Crippen molar-refractivity contribution in [3.05, 3.63) is 53.9 Å². The molecular weight excluding hydrogens is 336 g/mol. The standard InChI is InChI=1S/C22H28N4O/c27-21(25-13-5-2-6-14-25)20-9-12-23-22(24-20)26-15-10-19(11-16-26)17-18-7-3-1-4-8-18/h1,3-4,7-9,12,19H,2,5-6,10-11,13-17H2. The van der Waals surface area contributed by atoms with Crippen molar-refractivity contribution in [3.63, 3.8) is 0 Å². The summed E-state index contributed by atoms with van der Waals surface area (Å²) < 4.78 is 0. The van der Waals surface area contributed by atoms with E-state index < -0.39 is 0 Å². The van der Waals surface area contributed by atoms with E-state index in [0.717, 1.165) is 58.3 Å². The first-order chi connectivity index (χ1) is 13.3.